The van der Waals surface area contributed by atoms with Gasteiger partial charge in [0.15, 0.2) is 0 Å². The van der Waals surface area contributed by atoms with Crippen molar-refractivity contribution < 1.29 is 4.79 Å². The first-order valence-electron chi connectivity index (χ1n) is 4.99. The molecule has 0 radical (unpaired) electrons. The zero-order chi connectivity index (χ0) is 12.4. The van der Waals surface area contributed by atoms with Gasteiger partial charge in [-0.25, -0.2) is 0 Å². The van der Waals surface area contributed by atoms with Gasteiger partial charge in [-0.05, 0) is 28.1 Å². The lowest BCUT2D eigenvalue weighted by Gasteiger charge is -2.04. The van der Waals surface area contributed by atoms with Crippen LogP contribution < -0.4 is 11.1 Å². The van der Waals surface area contributed by atoms with Gasteiger partial charge in [0.1, 0.15) is 5.69 Å². The highest BCUT2D eigenvalue weighted by Crippen LogP contribution is 2.19. The van der Waals surface area contributed by atoms with Crippen molar-refractivity contribution >= 4 is 38.9 Å². The van der Waals surface area contributed by atoms with Gasteiger partial charge in [0, 0.05) is 28.0 Å². The first-order chi connectivity index (χ1) is 8.06. The minimum atomic E-state index is -0.117. The largest absolute Gasteiger partial charge is 0.397 e. The van der Waals surface area contributed by atoms with Crippen molar-refractivity contribution in [3.63, 3.8) is 0 Å². The van der Waals surface area contributed by atoms with Crippen LogP contribution in [0.3, 0.4) is 0 Å². The molecular formula is C11H12BrN3OS. The van der Waals surface area contributed by atoms with Gasteiger partial charge >= 0.3 is 0 Å². The van der Waals surface area contributed by atoms with Crippen LogP contribution in [0.5, 0.6) is 0 Å². The molecule has 0 bridgehead atoms. The molecule has 2 aromatic rings. The number of nitrogens with one attached hydrogen (secondary N) is 1. The van der Waals surface area contributed by atoms with Gasteiger partial charge in [0.25, 0.3) is 5.91 Å². The molecule has 0 saturated heterocycles. The third-order valence-corrected chi connectivity index (χ3v) is 4.00. The summed E-state index contributed by atoms with van der Waals surface area (Å²) in [6.07, 6.45) is 1.72. The predicted octanol–water partition coefficient (Wildman–Crippen LogP) is 2.36. The van der Waals surface area contributed by atoms with Gasteiger partial charge in [0.05, 0.1) is 12.2 Å². The number of thiophene rings is 1. The maximum Gasteiger partial charge on any atom is 0.268 e. The summed E-state index contributed by atoms with van der Waals surface area (Å²) in [5.74, 6) is -0.117. The summed E-state index contributed by atoms with van der Waals surface area (Å²) in [5, 5.41) is 4.85. The van der Waals surface area contributed by atoms with Crippen LogP contribution in [0, 0.1) is 0 Å². The second-order valence-electron chi connectivity index (χ2n) is 3.68. The molecule has 2 heterocycles. The number of nitrogens with two attached hydrogens (primary N) is 1. The van der Waals surface area contributed by atoms with Crippen molar-refractivity contribution in [3.8, 4) is 0 Å². The van der Waals surface area contributed by atoms with Crippen LogP contribution in [0.2, 0.25) is 0 Å². The standard InChI is InChI=1S/C11H12BrN3OS/c1-15-5-8(13)3-10(15)11(16)14-4-9-2-7(12)6-17-9/h2-3,5-6H,4,13H2,1H3,(H,14,16). The topological polar surface area (TPSA) is 60.0 Å². The highest BCUT2D eigenvalue weighted by atomic mass is 79.9. The maximum absolute atomic E-state index is 11.9. The predicted molar refractivity (Wildman–Crippen MR) is 73.0 cm³/mol. The molecule has 0 unspecified atom stereocenters. The van der Waals surface area contributed by atoms with E-state index in [0.717, 1.165) is 9.35 Å². The molecule has 0 spiro atoms. The molecule has 0 aliphatic rings. The molecule has 6 heteroatoms. The number of halogens is 1. The monoisotopic (exact) mass is 313 g/mol. The number of rotatable bonds is 3. The fourth-order valence-electron chi connectivity index (χ4n) is 1.52. The van der Waals surface area contributed by atoms with Crippen molar-refractivity contribution in [1.82, 2.24) is 9.88 Å². The normalized spacial score (nSPS) is 10.5. The molecule has 2 aromatic heterocycles. The average molecular weight is 314 g/mol. The third-order valence-electron chi connectivity index (χ3n) is 2.30. The SMILES string of the molecule is Cn1cc(N)cc1C(=O)NCc1cc(Br)cs1. The zero-order valence-electron chi connectivity index (χ0n) is 9.24. The minimum Gasteiger partial charge on any atom is -0.397 e. The van der Waals surface area contributed by atoms with E-state index in [9.17, 15) is 4.79 Å². The Morgan fingerprint density at radius 3 is 2.88 bits per heavy atom. The molecule has 1 amide bonds. The fourth-order valence-corrected chi connectivity index (χ4v) is 2.91. The van der Waals surface area contributed by atoms with Crippen molar-refractivity contribution in [2.24, 2.45) is 7.05 Å². The third kappa shape index (κ3) is 2.89. The van der Waals surface area contributed by atoms with E-state index in [4.69, 9.17) is 5.73 Å². The van der Waals surface area contributed by atoms with Gasteiger partial charge < -0.3 is 15.6 Å². The number of hydrogen-bond acceptors (Lipinski definition) is 3. The lowest BCUT2D eigenvalue weighted by atomic mass is 10.3. The van der Waals surface area contributed by atoms with E-state index < -0.39 is 0 Å². The van der Waals surface area contributed by atoms with Crippen LogP contribution >= 0.6 is 27.3 Å². The summed E-state index contributed by atoms with van der Waals surface area (Å²) >= 11 is 4.98. The van der Waals surface area contributed by atoms with Crippen molar-refractivity contribution in [3.05, 3.63) is 38.8 Å². The Labute approximate surface area is 112 Å². The van der Waals surface area contributed by atoms with Gasteiger partial charge in [-0.1, -0.05) is 0 Å². The molecule has 0 fully saturated rings. The van der Waals surface area contributed by atoms with Gasteiger partial charge in [-0.15, -0.1) is 11.3 Å². The lowest BCUT2D eigenvalue weighted by molar-refractivity contribution is 0.0943. The second-order valence-corrected chi connectivity index (χ2v) is 5.59. The van der Waals surface area contributed by atoms with Gasteiger partial charge in [0.2, 0.25) is 0 Å². The number of nitrogens with zero attached hydrogens (tertiary/aromatic N) is 1. The van der Waals surface area contributed by atoms with Crippen LogP contribution in [0.4, 0.5) is 5.69 Å². The highest BCUT2D eigenvalue weighted by molar-refractivity contribution is 9.10. The summed E-state index contributed by atoms with van der Waals surface area (Å²) in [4.78, 5) is 13.0. The Morgan fingerprint density at radius 1 is 1.59 bits per heavy atom. The summed E-state index contributed by atoms with van der Waals surface area (Å²) in [6, 6.07) is 3.66. The molecule has 3 N–H and O–H groups in total. The Balaban J connectivity index is 2.00. The van der Waals surface area contributed by atoms with Gasteiger partial charge in [-0.2, -0.15) is 0 Å². The summed E-state index contributed by atoms with van der Waals surface area (Å²) < 4.78 is 2.75. The Kier molecular flexibility index (Phi) is 3.54. The summed E-state index contributed by atoms with van der Waals surface area (Å²) in [5.41, 5.74) is 6.78. The van der Waals surface area contributed by atoms with Crippen molar-refractivity contribution in [2.75, 3.05) is 5.73 Å². The van der Waals surface area contributed by atoms with E-state index in [0.29, 0.717) is 17.9 Å². The Bertz CT molecular complexity index is 547. The molecule has 90 valence electrons. The smallest absolute Gasteiger partial charge is 0.268 e. The number of hydrogen-bond donors (Lipinski definition) is 2. The Morgan fingerprint density at radius 2 is 2.35 bits per heavy atom. The maximum atomic E-state index is 11.9. The number of amides is 1. The van der Waals surface area contributed by atoms with E-state index in [2.05, 4.69) is 21.2 Å². The van der Waals surface area contributed by atoms with E-state index >= 15 is 0 Å². The molecule has 0 aliphatic heterocycles. The van der Waals surface area contributed by atoms with Crippen LogP contribution in [-0.4, -0.2) is 10.5 Å². The number of aromatic nitrogens is 1. The summed E-state index contributed by atoms with van der Waals surface area (Å²) in [6.45, 7) is 0.528. The van der Waals surface area contributed by atoms with Crippen LogP contribution in [0.15, 0.2) is 28.2 Å². The van der Waals surface area contributed by atoms with Crippen molar-refractivity contribution in [1.29, 1.82) is 0 Å². The van der Waals surface area contributed by atoms with E-state index in [1.807, 2.05) is 11.4 Å². The molecule has 0 saturated carbocycles. The summed E-state index contributed by atoms with van der Waals surface area (Å²) in [7, 11) is 1.80. The van der Waals surface area contributed by atoms with Crippen LogP contribution in [0.1, 0.15) is 15.4 Å². The van der Waals surface area contributed by atoms with Crippen LogP contribution in [-0.2, 0) is 13.6 Å². The molecule has 0 atom stereocenters. The Hall–Kier alpha value is -1.27. The van der Waals surface area contributed by atoms with E-state index in [1.54, 1.807) is 35.2 Å². The minimum absolute atomic E-state index is 0.117. The zero-order valence-corrected chi connectivity index (χ0v) is 11.6. The quantitative estimate of drug-likeness (QED) is 0.914. The molecule has 0 aromatic carbocycles. The van der Waals surface area contributed by atoms with Crippen molar-refractivity contribution in [2.45, 2.75) is 6.54 Å². The molecule has 2 rings (SSSR count). The van der Waals surface area contributed by atoms with Crippen LogP contribution in [0.25, 0.3) is 0 Å². The number of anilines is 1. The van der Waals surface area contributed by atoms with Gasteiger partial charge in [-0.3, -0.25) is 4.79 Å². The molecule has 0 aliphatic carbocycles. The first-order valence-corrected chi connectivity index (χ1v) is 6.66. The van der Waals surface area contributed by atoms with E-state index in [-0.39, 0.29) is 5.91 Å². The molecule has 17 heavy (non-hydrogen) atoms. The average Bonchev–Trinajstić information content (AvgIpc) is 2.81. The number of aryl methyl sites for hydroxylation is 1. The molecule has 4 nitrogen and oxygen atoms in total. The number of carbonyl (C=O) groups excluding carboxylic acids is 1. The second kappa shape index (κ2) is 4.93. The number of nitrogen functional groups attached to an aromatic ring is 1. The number of carbonyl (C=O) groups is 1. The molecular weight excluding hydrogens is 302 g/mol. The fraction of sp³-hybridized carbons (Fsp3) is 0.182. The highest BCUT2D eigenvalue weighted by Gasteiger charge is 2.10. The first kappa shape index (κ1) is 12.2. The van der Waals surface area contributed by atoms with E-state index in [1.165, 1.54) is 0 Å². The lowest BCUT2D eigenvalue weighted by Crippen LogP contribution is -2.24.